The highest BCUT2D eigenvalue weighted by Gasteiger charge is 2.71. The highest BCUT2D eigenvalue weighted by molar-refractivity contribution is 5.99. The third kappa shape index (κ3) is 4.40. The van der Waals surface area contributed by atoms with Gasteiger partial charge in [-0.3, -0.25) is 14.5 Å². The molecule has 2 N–H and O–H groups in total. The molecule has 1 saturated heterocycles. The number of halogens is 1. The van der Waals surface area contributed by atoms with Gasteiger partial charge in [0, 0.05) is 24.6 Å². The van der Waals surface area contributed by atoms with E-state index in [1.165, 1.54) is 6.07 Å². The Balaban J connectivity index is 1.16. The first kappa shape index (κ1) is 26.3. The Morgan fingerprint density at radius 1 is 1.20 bits per heavy atom. The summed E-state index contributed by atoms with van der Waals surface area (Å²) in [5, 5.41) is 15.4. The fraction of sp³-hybridized carbons (Fsp3) is 0.484. The molecule has 3 fully saturated rings. The lowest BCUT2D eigenvalue weighted by Crippen LogP contribution is -2.56. The molecule has 9 heteroatoms. The zero-order valence-electron chi connectivity index (χ0n) is 23.0. The summed E-state index contributed by atoms with van der Waals surface area (Å²) in [7, 11) is 0. The Hall–Kier alpha value is -3.93. The van der Waals surface area contributed by atoms with Gasteiger partial charge < -0.3 is 15.4 Å². The number of benzene rings is 2. The molecule has 8 nitrogen and oxygen atoms in total. The van der Waals surface area contributed by atoms with Gasteiger partial charge in [-0.1, -0.05) is 25.1 Å². The molecule has 0 spiro atoms. The molecule has 2 aliphatic carbocycles. The van der Waals surface area contributed by atoms with Crippen molar-refractivity contribution in [3.63, 3.8) is 0 Å². The Labute approximate surface area is 232 Å². The molecule has 0 radical (unpaired) electrons. The Morgan fingerprint density at radius 3 is 2.62 bits per heavy atom. The van der Waals surface area contributed by atoms with Gasteiger partial charge in [-0.25, -0.2) is 9.18 Å². The molecule has 7 atom stereocenters. The van der Waals surface area contributed by atoms with E-state index < -0.39 is 29.6 Å². The molecule has 6 rings (SSSR count). The minimum atomic E-state index is -0.961. The second-order valence-electron chi connectivity index (χ2n) is 12.6. The quantitative estimate of drug-likeness (QED) is 0.587. The summed E-state index contributed by atoms with van der Waals surface area (Å²) in [5.74, 6) is 0.298. The van der Waals surface area contributed by atoms with Crippen LogP contribution in [0, 0.1) is 40.8 Å². The van der Waals surface area contributed by atoms with E-state index in [1.54, 1.807) is 49.9 Å². The molecule has 3 amide bonds. The first-order valence-corrected chi connectivity index (χ1v) is 13.9. The van der Waals surface area contributed by atoms with Gasteiger partial charge in [0.1, 0.15) is 23.5 Å². The lowest BCUT2D eigenvalue weighted by atomic mass is 9.94. The average molecular weight is 545 g/mol. The van der Waals surface area contributed by atoms with Crippen molar-refractivity contribution >= 4 is 17.9 Å². The molecule has 2 bridgehead atoms. The van der Waals surface area contributed by atoms with Crippen molar-refractivity contribution in [2.45, 2.75) is 70.8 Å². The Morgan fingerprint density at radius 2 is 1.93 bits per heavy atom. The van der Waals surface area contributed by atoms with E-state index in [-0.39, 0.29) is 30.2 Å². The molecule has 4 aliphatic rings. The van der Waals surface area contributed by atoms with Crippen LogP contribution in [-0.4, -0.2) is 46.5 Å². The highest BCUT2D eigenvalue weighted by atomic mass is 19.1. The third-order valence-corrected chi connectivity index (χ3v) is 8.98. The molecule has 0 aromatic heterocycles. The zero-order valence-corrected chi connectivity index (χ0v) is 23.0. The molecule has 2 aromatic carbocycles. The lowest BCUT2D eigenvalue weighted by Gasteiger charge is -2.35. The summed E-state index contributed by atoms with van der Waals surface area (Å²) in [6, 6.07) is 10.6. The molecule has 208 valence electrons. The smallest absolute Gasteiger partial charge is 0.411 e. The largest absolute Gasteiger partial charge is 0.444 e. The number of carbonyl (C=O) groups is 3. The molecule has 2 saturated carbocycles. The van der Waals surface area contributed by atoms with Crippen LogP contribution in [0.5, 0.6) is 0 Å². The van der Waals surface area contributed by atoms with Gasteiger partial charge in [0.25, 0.3) is 5.91 Å². The number of carbonyl (C=O) groups excluding carboxylic acids is 3. The number of ether oxygens (including phenoxy) is 1. The number of nitriles is 1. The van der Waals surface area contributed by atoms with Crippen LogP contribution in [-0.2, 0) is 22.5 Å². The average Bonchev–Trinajstić information content (AvgIpc) is 3.21. The summed E-state index contributed by atoms with van der Waals surface area (Å²) >= 11 is 0. The van der Waals surface area contributed by atoms with Crippen molar-refractivity contribution in [3.8, 4) is 17.2 Å². The van der Waals surface area contributed by atoms with E-state index >= 15 is 4.39 Å². The summed E-state index contributed by atoms with van der Waals surface area (Å²) in [6.07, 6.45) is 0.253. The minimum Gasteiger partial charge on any atom is -0.444 e. The van der Waals surface area contributed by atoms with Crippen LogP contribution in [0.15, 0.2) is 36.4 Å². The van der Waals surface area contributed by atoms with E-state index in [0.717, 1.165) is 17.5 Å². The topological polar surface area (TPSA) is 112 Å². The van der Waals surface area contributed by atoms with Crippen LogP contribution in [0.25, 0.3) is 11.1 Å². The molecular weight excluding hydrogens is 511 g/mol. The van der Waals surface area contributed by atoms with Crippen molar-refractivity contribution in [1.29, 1.82) is 5.26 Å². The van der Waals surface area contributed by atoms with Gasteiger partial charge in [-0.2, -0.15) is 5.26 Å². The van der Waals surface area contributed by atoms with Crippen molar-refractivity contribution in [2.75, 3.05) is 0 Å². The Kier molecular flexibility index (Phi) is 6.13. The van der Waals surface area contributed by atoms with E-state index in [4.69, 9.17) is 4.74 Å². The first-order chi connectivity index (χ1) is 19.0. The first-order valence-electron chi connectivity index (χ1n) is 13.9. The van der Waals surface area contributed by atoms with Gasteiger partial charge in [0.15, 0.2) is 0 Å². The molecule has 40 heavy (non-hydrogen) atoms. The van der Waals surface area contributed by atoms with E-state index in [9.17, 15) is 19.6 Å². The van der Waals surface area contributed by atoms with Crippen LogP contribution in [0.2, 0.25) is 0 Å². The summed E-state index contributed by atoms with van der Waals surface area (Å²) in [6.45, 7) is 7.99. The summed E-state index contributed by atoms with van der Waals surface area (Å²) < 4.78 is 20.8. The second-order valence-corrected chi connectivity index (χ2v) is 12.6. The SMILES string of the molecule is CC1C2C3CC(C12)N(C(=O)OC(C)(C)C)C3C(=O)N[C@H](C#N)Cc1ccc(-c2ccc3c(c2)CNC3=O)cc1F. The number of hydrogen-bond donors (Lipinski definition) is 2. The number of nitrogens with zero attached hydrogens (tertiary/aromatic N) is 2. The number of likely N-dealkylation sites (tertiary alicyclic amines) is 1. The Bertz CT molecular complexity index is 1460. The fourth-order valence-corrected chi connectivity index (χ4v) is 7.25. The zero-order chi connectivity index (χ0) is 28.5. The minimum absolute atomic E-state index is 0.00727. The molecular formula is C31H33FN4O4. The van der Waals surface area contributed by atoms with Gasteiger partial charge >= 0.3 is 6.09 Å². The normalized spacial score (nSPS) is 28.3. The predicted molar refractivity (Wildman–Crippen MR) is 144 cm³/mol. The van der Waals surface area contributed by atoms with Gasteiger partial charge in [0.05, 0.1) is 6.07 Å². The third-order valence-electron chi connectivity index (χ3n) is 8.98. The van der Waals surface area contributed by atoms with Crippen LogP contribution in [0.1, 0.15) is 55.6 Å². The number of piperidine rings is 1. The highest BCUT2D eigenvalue weighted by Crippen LogP contribution is 2.67. The number of hydrogen-bond acceptors (Lipinski definition) is 5. The van der Waals surface area contributed by atoms with Crippen molar-refractivity contribution in [1.82, 2.24) is 15.5 Å². The van der Waals surface area contributed by atoms with Crippen LogP contribution < -0.4 is 10.6 Å². The van der Waals surface area contributed by atoms with Gasteiger partial charge in [-0.15, -0.1) is 0 Å². The predicted octanol–water partition coefficient (Wildman–Crippen LogP) is 4.18. The molecule has 2 aliphatic heterocycles. The van der Waals surface area contributed by atoms with Gasteiger partial charge in [-0.05, 0) is 91.3 Å². The standard InChI is InChI=1S/C31H33FN4O4/c1-15-25-22-12-24(26(15)25)36(30(39)40-31(2,3)4)27(22)29(38)35-20(13-33)10-18-6-5-17(11-23(18)32)16-7-8-21-19(9-16)14-34-28(21)37/h5-9,11,15,20,22,24-27H,10,12,14H2,1-4H3,(H,34,37)(H,35,38)/t15?,20-,22?,24?,25?,26?,27?/m0/s1. The number of fused-ring (bicyclic) bond motifs is 6. The monoisotopic (exact) mass is 544 g/mol. The van der Waals surface area contributed by atoms with Gasteiger partial charge in [0.2, 0.25) is 5.91 Å². The second kappa shape index (κ2) is 9.33. The van der Waals surface area contributed by atoms with E-state index in [1.807, 2.05) is 6.07 Å². The fourth-order valence-electron chi connectivity index (χ4n) is 7.25. The van der Waals surface area contributed by atoms with Crippen LogP contribution in [0.3, 0.4) is 0 Å². The lowest BCUT2D eigenvalue weighted by molar-refractivity contribution is -0.128. The number of rotatable bonds is 5. The maximum absolute atomic E-state index is 15.2. The van der Waals surface area contributed by atoms with Crippen molar-refractivity contribution in [3.05, 3.63) is 58.9 Å². The molecule has 2 heterocycles. The number of amides is 3. The van der Waals surface area contributed by atoms with E-state index in [2.05, 4.69) is 23.6 Å². The van der Waals surface area contributed by atoms with Crippen molar-refractivity contribution in [2.24, 2.45) is 23.7 Å². The van der Waals surface area contributed by atoms with Crippen LogP contribution in [0.4, 0.5) is 9.18 Å². The van der Waals surface area contributed by atoms with E-state index in [0.29, 0.717) is 41.0 Å². The molecule has 6 unspecified atom stereocenters. The summed E-state index contributed by atoms with van der Waals surface area (Å²) in [4.78, 5) is 40.1. The number of nitrogens with one attached hydrogen (secondary N) is 2. The van der Waals surface area contributed by atoms with Crippen molar-refractivity contribution < 1.29 is 23.5 Å². The maximum Gasteiger partial charge on any atom is 0.411 e. The summed E-state index contributed by atoms with van der Waals surface area (Å²) in [5.41, 5.74) is 2.55. The van der Waals surface area contributed by atoms with Crippen LogP contribution >= 0.6 is 0 Å². The maximum atomic E-state index is 15.2. The molecule has 2 aromatic rings.